The Bertz CT molecular complexity index is 703. The molecule has 0 saturated carbocycles. The number of benzene rings is 1. The number of hydrogen-bond acceptors (Lipinski definition) is 4. The van der Waals surface area contributed by atoms with Gasteiger partial charge in [-0.3, -0.25) is 9.59 Å². The van der Waals surface area contributed by atoms with Crippen molar-refractivity contribution in [1.82, 2.24) is 0 Å². The molecule has 0 aliphatic carbocycles. The Morgan fingerprint density at radius 3 is 1.46 bits per heavy atom. The van der Waals surface area contributed by atoms with Crippen LogP contribution in [0.25, 0.3) is 0 Å². The Labute approximate surface area is 223 Å². The van der Waals surface area contributed by atoms with Gasteiger partial charge in [-0.25, -0.2) is 8.78 Å². The summed E-state index contributed by atoms with van der Waals surface area (Å²) in [5.74, 6) is -2.24. The molecular weight excluding hydrogens is 474 g/mol. The van der Waals surface area contributed by atoms with E-state index < -0.39 is 17.6 Å². The smallest absolute Gasteiger partial charge is 0.311 e. The van der Waals surface area contributed by atoms with Crippen LogP contribution in [0.5, 0.6) is 5.75 Å². The molecule has 0 bridgehead atoms. The SMILES string of the molecule is CCCCCCCCCCCCCCCOC(=O)CCCCCCCCC(=O)Oc1cc(F)cc(F)c1. The van der Waals surface area contributed by atoms with Gasteiger partial charge in [0.05, 0.1) is 6.61 Å². The van der Waals surface area contributed by atoms with Gasteiger partial charge < -0.3 is 9.47 Å². The Hall–Kier alpha value is -1.98. The third kappa shape index (κ3) is 20.7. The van der Waals surface area contributed by atoms with Crippen LogP contribution in [0.4, 0.5) is 8.78 Å². The van der Waals surface area contributed by atoms with Crippen molar-refractivity contribution in [3.05, 3.63) is 29.8 Å². The van der Waals surface area contributed by atoms with Crippen molar-refractivity contribution in [2.45, 2.75) is 142 Å². The van der Waals surface area contributed by atoms with Crippen molar-refractivity contribution in [1.29, 1.82) is 0 Å². The average molecular weight is 525 g/mol. The molecule has 0 unspecified atom stereocenters. The van der Waals surface area contributed by atoms with Crippen LogP contribution in [0, 0.1) is 11.6 Å². The van der Waals surface area contributed by atoms with Crippen molar-refractivity contribution in [2.24, 2.45) is 0 Å². The number of ether oxygens (including phenoxy) is 2. The van der Waals surface area contributed by atoms with E-state index in [1.165, 1.54) is 70.6 Å². The average Bonchev–Trinajstić information content (AvgIpc) is 2.85. The summed E-state index contributed by atoms with van der Waals surface area (Å²) in [5.41, 5.74) is 0. The number of halogens is 2. The van der Waals surface area contributed by atoms with Crippen LogP contribution in [-0.2, 0) is 14.3 Å². The number of unbranched alkanes of at least 4 members (excludes halogenated alkanes) is 17. The van der Waals surface area contributed by atoms with Gasteiger partial charge in [-0.1, -0.05) is 110 Å². The maximum Gasteiger partial charge on any atom is 0.311 e. The zero-order chi connectivity index (χ0) is 27.0. The number of hydrogen-bond donors (Lipinski definition) is 0. The molecule has 1 aromatic carbocycles. The highest BCUT2D eigenvalue weighted by Crippen LogP contribution is 2.17. The van der Waals surface area contributed by atoms with Crippen LogP contribution in [0.2, 0.25) is 0 Å². The van der Waals surface area contributed by atoms with E-state index in [9.17, 15) is 18.4 Å². The van der Waals surface area contributed by atoms with Crippen LogP contribution < -0.4 is 4.74 Å². The molecule has 1 aromatic rings. The molecule has 0 aliphatic rings. The molecule has 0 atom stereocenters. The molecule has 4 nitrogen and oxygen atoms in total. The number of carbonyl (C=O) groups excluding carboxylic acids is 2. The maximum atomic E-state index is 13.1. The number of carbonyl (C=O) groups is 2. The van der Waals surface area contributed by atoms with E-state index in [0.29, 0.717) is 19.4 Å². The van der Waals surface area contributed by atoms with Gasteiger partial charge in [-0.2, -0.15) is 0 Å². The van der Waals surface area contributed by atoms with Crippen LogP contribution in [0.3, 0.4) is 0 Å². The summed E-state index contributed by atoms with van der Waals surface area (Å²) in [6.07, 6.45) is 22.9. The van der Waals surface area contributed by atoms with E-state index in [4.69, 9.17) is 9.47 Å². The molecule has 212 valence electrons. The molecule has 0 amide bonds. The second-order valence-corrected chi connectivity index (χ2v) is 10.2. The van der Waals surface area contributed by atoms with Crippen LogP contribution >= 0.6 is 0 Å². The summed E-state index contributed by atoms with van der Waals surface area (Å²) < 4.78 is 36.5. The molecule has 6 heteroatoms. The molecule has 0 radical (unpaired) electrons. The summed E-state index contributed by atoms with van der Waals surface area (Å²) >= 11 is 0. The predicted octanol–water partition coefficient (Wildman–Crippen LogP) is 9.63. The quantitative estimate of drug-likeness (QED) is 0.0767. The van der Waals surface area contributed by atoms with Crippen molar-refractivity contribution in [3.8, 4) is 5.75 Å². The topological polar surface area (TPSA) is 52.6 Å². The molecule has 0 aromatic heterocycles. The van der Waals surface area contributed by atoms with Gasteiger partial charge in [0.2, 0.25) is 0 Å². The third-order valence-corrected chi connectivity index (χ3v) is 6.59. The van der Waals surface area contributed by atoms with E-state index >= 15 is 0 Å². The fourth-order valence-corrected chi connectivity index (χ4v) is 4.39. The van der Waals surface area contributed by atoms with Crippen molar-refractivity contribution < 1.29 is 27.8 Å². The Morgan fingerprint density at radius 1 is 0.568 bits per heavy atom. The molecule has 0 spiro atoms. The first-order valence-electron chi connectivity index (χ1n) is 14.8. The first-order valence-corrected chi connectivity index (χ1v) is 14.8. The van der Waals surface area contributed by atoms with Gasteiger partial charge in [0.25, 0.3) is 0 Å². The standard InChI is InChI=1S/C31H50F2O4/c1-2-3-4-5-6-7-8-9-10-11-14-17-20-23-36-30(34)21-18-15-12-13-16-19-22-31(35)37-29-25-27(32)24-28(33)26-29/h24-26H,2-23H2,1H3. The van der Waals surface area contributed by atoms with Crippen molar-refractivity contribution >= 4 is 11.9 Å². The largest absolute Gasteiger partial charge is 0.466 e. The Kier molecular flexibility index (Phi) is 20.7. The summed E-state index contributed by atoms with van der Waals surface area (Å²) in [4.78, 5) is 23.6. The number of rotatable bonds is 24. The molecule has 37 heavy (non-hydrogen) atoms. The molecular formula is C31H50F2O4. The summed E-state index contributed by atoms with van der Waals surface area (Å²) in [6.45, 7) is 2.80. The van der Waals surface area contributed by atoms with E-state index in [-0.39, 0.29) is 18.1 Å². The second kappa shape index (κ2) is 23.2. The molecule has 0 aliphatic heterocycles. The third-order valence-electron chi connectivity index (χ3n) is 6.59. The van der Waals surface area contributed by atoms with Gasteiger partial charge in [0.1, 0.15) is 17.4 Å². The van der Waals surface area contributed by atoms with Gasteiger partial charge in [0, 0.05) is 31.0 Å². The summed E-state index contributed by atoms with van der Waals surface area (Å²) in [5, 5.41) is 0. The zero-order valence-corrected chi connectivity index (χ0v) is 23.2. The van der Waals surface area contributed by atoms with Gasteiger partial charge in [-0.15, -0.1) is 0 Å². The van der Waals surface area contributed by atoms with Gasteiger partial charge >= 0.3 is 11.9 Å². The molecule has 0 heterocycles. The minimum absolute atomic E-state index is 0.101. The fraction of sp³-hybridized carbons (Fsp3) is 0.742. The van der Waals surface area contributed by atoms with E-state index in [1.807, 2.05) is 0 Å². The van der Waals surface area contributed by atoms with Crippen LogP contribution in [-0.4, -0.2) is 18.5 Å². The normalized spacial score (nSPS) is 11.0. The summed E-state index contributed by atoms with van der Waals surface area (Å²) in [7, 11) is 0. The highest BCUT2D eigenvalue weighted by Gasteiger charge is 2.08. The number of esters is 2. The Balaban J connectivity index is 1.82. The van der Waals surface area contributed by atoms with Gasteiger partial charge in [-0.05, 0) is 19.3 Å². The van der Waals surface area contributed by atoms with Crippen molar-refractivity contribution in [2.75, 3.05) is 6.61 Å². The van der Waals surface area contributed by atoms with Crippen LogP contribution in [0.1, 0.15) is 142 Å². The highest BCUT2D eigenvalue weighted by molar-refractivity contribution is 5.72. The predicted molar refractivity (Wildman–Crippen MR) is 146 cm³/mol. The Morgan fingerprint density at radius 2 is 0.973 bits per heavy atom. The maximum absolute atomic E-state index is 13.1. The monoisotopic (exact) mass is 524 g/mol. The highest BCUT2D eigenvalue weighted by atomic mass is 19.1. The molecule has 0 fully saturated rings. The molecule has 0 N–H and O–H groups in total. The lowest BCUT2D eigenvalue weighted by molar-refractivity contribution is -0.144. The van der Waals surface area contributed by atoms with E-state index in [2.05, 4.69) is 6.92 Å². The summed E-state index contributed by atoms with van der Waals surface area (Å²) in [6, 6.07) is 2.72. The van der Waals surface area contributed by atoms with Crippen molar-refractivity contribution in [3.63, 3.8) is 0 Å². The first kappa shape index (κ1) is 33.0. The lowest BCUT2D eigenvalue weighted by Gasteiger charge is -2.06. The van der Waals surface area contributed by atoms with Crippen LogP contribution in [0.15, 0.2) is 18.2 Å². The minimum Gasteiger partial charge on any atom is -0.466 e. The minimum atomic E-state index is -0.772. The van der Waals surface area contributed by atoms with Gasteiger partial charge in [0.15, 0.2) is 0 Å². The lowest BCUT2D eigenvalue weighted by Crippen LogP contribution is -2.08. The lowest BCUT2D eigenvalue weighted by atomic mass is 10.0. The second-order valence-electron chi connectivity index (χ2n) is 10.2. The van der Waals surface area contributed by atoms with E-state index in [0.717, 1.165) is 63.1 Å². The fourth-order valence-electron chi connectivity index (χ4n) is 4.39. The first-order chi connectivity index (χ1) is 18.0. The zero-order valence-electron chi connectivity index (χ0n) is 23.2. The van der Waals surface area contributed by atoms with E-state index in [1.54, 1.807) is 0 Å². The molecule has 1 rings (SSSR count). The molecule has 0 saturated heterocycles.